The first kappa shape index (κ1) is 26.9. The van der Waals surface area contributed by atoms with Crippen molar-refractivity contribution in [3.8, 4) is 11.5 Å². The zero-order valence-electron chi connectivity index (χ0n) is 19.2. The predicted octanol–water partition coefficient (Wildman–Crippen LogP) is 4.38. The standard InChI is InChI=1S/C25H33ClINO4S/c1-25(2,19-5-8-24(23(27)13-19)32-16-20(29)14-26)18-3-6-22(7-4-18)31-17-21(30)15-28-9-11-33-12-10-28/h3-8,13,20-21,29-30H,9-12,14-17H2,1-2H3/t20-,21-/m0/s1/i27-4. The molecule has 1 heterocycles. The van der Waals surface area contributed by atoms with Crippen molar-refractivity contribution in [1.29, 1.82) is 0 Å². The van der Waals surface area contributed by atoms with Crippen LogP contribution in [0.2, 0.25) is 0 Å². The van der Waals surface area contributed by atoms with Crippen molar-refractivity contribution in [2.75, 3.05) is 50.2 Å². The van der Waals surface area contributed by atoms with Crippen molar-refractivity contribution in [3.63, 3.8) is 0 Å². The van der Waals surface area contributed by atoms with Gasteiger partial charge in [-0.1, -0.05) is 32.0 Å². The highest BCUT2D eigenvalue weighted by Crippen LogP contribution is 2.35. The van der Waals surface area contributed by atoms with Crippen LogP contribution in [0.4, 0.5) is 0 Å². The molecule has 2 aromatic rings. The van der Waals surface area contributed by atoms with Crippen LogP contribution in [0.1, 0.15) is 25.0 Å². The molecule has 2 N–H and O–H groups in total. The summed E-state index contributed by atoms with van der Waals surface area (Å²) in [5.74, 6) is 3.93. The zero-order valence-corrected chi connectivity index (χ0v) is 22.9. The van der Waals surface area contributed by atoms with Gasteiger partial charge in [0.15, 0.2) is 0 Å². The van der Waals surface area contributed by atoms with Gasteiger partial charge < -0.3 is 19.7 Å². The van der Waals surface area contributed by atoms with E-state index in [2.05, 4.69) is 65.6 Å². The molecule has 33 heavy (non-hydrogen) atoms. The Morgan fingerprint density at radius 3 is 2.27 bits per heavy atom. The highest BCUT2D eigenvalue weighted by Gasteiger charge is 2.24. The van der Waals surface area contributed by atoms with E-state index < -0.39 is 12.2 Å². The van der Waals surface area contributed by atoms with Gasteiger partial charge in [0.25, 0.3) is 0 Å². The lowest BCUT2D eigenvalue weighted by molar-refractivity contribution is 0.0715. The molecule has 2 atom stereocenters. The number of aliphatic hydroxyl groups excluding tert-OH is 2. The number of benzene rings is 2. The fourth-order valence-electron chi connectivity index (χ4n) is 3.70. The van der Waals surface area contributed by atoms with Gasteiger partial charge in [-0.25, -0.2) is 0 Å². The molecule has 1 saturated heterocycles. The Morgan fingerprint density at radius 2 is 1.64 bits per heavy atom. The number of alkyl halides is 1. The topological polar surface area (TPSA) is 62.2 Å². The summed E-state index contributed by atoms with van der Waals surface area (Å²) >= 11 is 9.87. The maximum Gasteiger partial charge on any atom is 0.132 e. The molecule has 0 amide bonds. The molecule has 0 aromatic heterocycles. The van der Waals surface area contributed by atoms with E-state index in [0.717, 1.165) is 39.7 Å². The van der Waals surface area contributed by atoms with E-state index in [-0.39, 0.29) is 17.9 Å². The number of ether oxygens (including phenoxy) is 2. The van der Waals surface area contributed by atoms with Crippen LogP contribution in [0.5, 0.6) is 11.5 Å². The number of β-amino-alcohol motifs (C(OH)–C–C–N with tert-alkyl or cyclic N) is 1. The van der Waals surface area contributed by atoms with Gasteiger partial charge >= 0.3 is 0 Å². The molecule has 2 aromatic carbocycles. The molecule has 0 aliphatic carbocycles. The molecular formula is C25H33ClINO4S. The fraction of sp³-hybridized carbons (Fsp3) is 0.520. The van der Waals surface area contributed by atoms with Crippen molar-refractivity contribution < 1.29 is 19.7 Å². The van der Waals surface area contributed by atoms with Gasteiger partial charge in [-0.05, 0) is 58.0 Å². The van der Waals surface area contributed by atoms with E-state index in [1.165, 1.54) is 11.1 Å². The lowest BCUT2D eigenvalue weighted by Gasteiger charge is -2.28. The number of thioether (sulfide) groups is 1. The van der Waals surface area contributed by atoms with Crippen molar-refractivity contribution in [3.05, 3.63) is 57.2 Å². The Kier molecular flexibility index (Phi) is 10.5. The van der Waals surface area contributed by atoms with Crippen LogP contribution in [0, 0.1) is 3.57 Å². The summed E-state index contributed by atoms with van der Waals surface area (Å²) in [5.41, 5.74) is 2.13. The van der Waals surface area contributed by atoms with Gasteiger partial charge in [-0.3, -0.25) is 4.90 Å². The second kappa shape index (κ2) is 12.8. The molecule has 182 valence electrons. The highest BCUT2D eigenvalue weighted by atomic mass is 123. The van der Waals surface area contributed by atoms with E-state index in [1.54, 1.807) is 0 Å². The molecule has 8 heteroatoms. The van der Waals surface area contributed by atoms with Crippen LogP contribution in [0.25, 0.3) is 0 Å². The van der Waals surface area contributed by atoms with Crippen molar-refractivity contribution in [2.24, 2.45) is 0 Å². The third-order valence-electron chi connectivity index (χ3n) is 5.85. The second-order valence-corrected chi connectivity index (χ2v) is 11.5. The maximum atomic E-state index is 10.3. The van der Waals surface area contributed by atoms with Gasteiger partial charge in [0.05, 0.1) is 9.45 Å². The van der Waals surface area contributed by atoms with Crippen molar-refractivity contribution in [2.45, 2.75) is 31.5 Å². The van der Waals surface area contributed by atoms with Crippen molar-refractivity contribution >= 4 is 46.0 Å². The van der Waals surface area contributed by atoms with Gasteiger partial charge in [0, 0.05) is 36.6 Å². The van der Waals surface area contributed by atoms with Crippen LogP contribution in [0.15, 0.2) is 42.5 Å². The number of nitrogens with zero attached hydrogens (tertiary/aromatic N) is 1. The SMILES string of the molecule is CC(C)(c1ccc(OC[C@@H](O)CN2CCSCC2)cc1)c1ccc(OC[C@@H](O)CCl)c([123I])c1. The van der Waals surface area contributed by atoms with Crippen LogP contribution in [-0.2, 0) is 5.41 Å². The molecule has 0 unspecified atom stereocenters. The number of hydrogen-bond acceptors (Lipinski definition) is 6. The van der Waals surface area contributed by atoms with Gasteiger partial charge in [-0.15, -0.1) is 11.6 Å². The zero-order chi connectivity index (χ0) is 23.8. The maximum absolute atomic E-state index is 10.3. The van der Waals surface area contributed by atoms with Gasteiger partial charge in [0.1, 0.15) is 36.9 Å². The molecule has 0 radical (unpaired) electrons. The fourth-order valence-corrected chi connectivity index (χ4v) is 5.44. The van der Waals surface area contributed by atoms with Gasteiger partial charge in [-0.2, -0.15) is 11.8 Å². The number of halogens is 2. The Labute approximate surface area is 219 Å². The molecule has 3 rings (SSSR count). The largest absolute Gasteiger partial charge is 0.491 e. The van der Waals surface area contributed by atoms with E-state index in [1.807, 2.05) is 30.0 Å². The average molecular weight is 602 g/mol. The third-order valence-corrected chi connectivity index (χ3v) is 8.00. The summed E-state index contributed by atoms with van der Waals surface area (Å²) in [6.07, 6.45) is -1.16. The van der Waals surface area contributed by atoms with E-state index in [9.17, 15) is 10.2 Å². The summed E-state index contributed by atoms with van der Waals surface area (Å²) in [6.45, 7) is 7.58. The molecular weight excluding hydrogens is 569 g/mol. The minimum Gasteiger partial charge on any atom is -0.491 e. The minimum atomic E-state index is -0.677. The first-order valence-electron chi connectivity index (χ1n) is 11.2. The highest BCUT2D eigenvalue weighted by molar-refractivity contribution is 14.1. The number of aliphatic hydroxyl groups is 2. The lowest BCUT2D eigenvalue weighted by atomic mass is 9.78. The molecule has 1 aliphatic heterocycles. The summed E-state index contributed by atoms with van der Waals surface area (Å²) in [6, 6.07) is 14.2. The summed E-state index contributed by atoms with van der Waals surface area (Å²) in [7, 11) is 0. The van der Waals surface area contributed by atoms with Crippen LogP contribution in [0.3, 0.4) is 0 Å². The smallest absolute Gasteiger partial charge is 0.132 e. The Balaban J connectivity index is 1.57. The van der Waals surface area contributed by atoms with Crippen LogP contribution < -0.4 is 9.47 Å². The minimum absolute atomic E-state index is 0.151. The Hall–Kier alpha value is -0.710. The molecule has 0 spiro atoms. The van der Waals surface area contributed by atoms with E-state index >= 15 is 0 Å². The molecule has 1 aliphatic rings. The quantitative estimate of drug-likeness (QED) is 0.295. The van der Waals surface area contributed by atoms with E-state index in [4.69, 9.17) is 21.1 Å². The van der Waals surface area contributed by atoms with Crippen molar-refractivity contribution in [1.82, 2.24) is 4.90 Å². The molecule has 1 fully saturated rings. The van der Waals surface area contributed by atoms with E-state index in [0.29, 0.717) is 13.2 Å². The summed E-state index contributed by atoms with van der Waals surface area (Å²) in [4.78, 5) is 2.30. The monoisotopic (exact) mass is 601 g/mol. The number of rotatable bonds is 11. The normalized spacial score (nSPS) is 16.9. The van der Waals surface area contributed by atoms with Crippen LogP contribution in [-0.4, -0.2) is 77.6 Å². The Bertz CT molecular complexity index is 877. The Morgan fingerprint density at radius 1 is 1.00 bits per heavy atom. The van der Waals surface area contributed by atoms with Gasteiger partial charge in [0.2, 0.25) is 0 Å². The average Bonchev–Trinajstić information content (AvgIpc) is 2.82. The predicted molar refractivity (Wildman–Crippen MR) is 145 cm³/mol. The summed E-state index contributed by atoms with van der Waals surface area (Å²) < 4.78 is 12.5. The molecule has 5 nitrogen and oxygen atoms in total. The molecule has 0 bridgehead atoms. The lowest BCUT2D eigenvalue weighted by Crippen LogP contribution is -2.40. The third kappa shape index (κ3) is 7.90. The second-order valence-electron chi connectivity index (χ2n) is 8.79. The first-order valence-corrected chi connectivity index (χ1v) is 13.9. The summed E-state index contributed by atoms with van der Waals surface area (Å²) in [5, 5.41) is 19.9. The first-order chi connectivity index (χ1) is 15.8. The van der Waals surface area contributed by atoms with Crippen LogP contribution >= 0.6 is 46.0 Å². The molecule has 0 saturated carbocycles. The number of hydrogen-bond donors (Lipinski definition) is 2.